The predicted molar refractivity (Wildman–Crippen MR) is 197 cm³/mol. The lowest BCUT2D eigenvalue weighted by Gasteiger charge is -2.35. The molecule has 1 aliphatic carbocycles. The van der Waals surface area contributed by atoms with Crippen LogP contribution in [0.2, 0.25) is 5.02 Å². The summed E-state index contributed by atoms with van der Waals surface area (Å²) in [6.45, 7) is 5.59. The van der Waals surface area contributed by atoms with Gasteiger partial charge in [0.1, 0.15) is 12.6 Å². The lowest BCUT2D eigenvalue weighted by Crippen LogP contribution is -2.55. The molecule has 1 atom stereocenters. The Bertz CT molecular complexity index is 1810. The second-order valence-corrected chi connectivity index (χ2v) is 15.6. The molecule has 1 N–H and O–H groups in total. The van der Waals surface area contributed by atoms with E-state index in [1.54, 1.807) is 54.6 Å². The summed E-state index contributed by atoms with van der Waals surface area (Å²) in [5.41, 5.74) is 3.96. The number of nitrogens with one attached hydrogen (secondary N) is 1. The van der Waals surface area contributed by atoms with Crippen LogP contribution >= 0.6 is 11.6 Å². The maximum Gasteiger partial charge on any atom is 0.264 e. The number of hydrogen-bond donors (Lipinski definition) is 1. The van der Waals surface area contributed by atoms with E-state index in [-0.39, 0.29) is 35.7 Å². The van der Waals surface area contributed by atoms with Crippen LogP contribution < -0.4 is 9.62 Å². The van der Waals surface area contributed by atoms with Gasteiger partial charge in [-0.05, 0) is 78.8 Å². The van der Waals surface area contributed by atoms with Crippen LogP contribution in [0.5, 0.6) is 0 Å². The van der Waals surface area contributed by atoms with Crippen LogP contribution in [0.15, 0.2) is 108 Å². The van der Waals surface area contributed by atoms with E-state index in [1.807, 2.05) is 55.5 Å². The van der Waals surface area contributed by atoms with E-state index >= 15 is 0 Å². The first kappa shape index (κ1) is 36.1. The first-order valence-electron chi connectivity index (χ1n) is 17.1. The van der Waals surface area contributed by atoms with Gasteiger partial charge in [0.15, 0.2) is 0 Å². The number of carbonyl (C=O) groups is 2. The van der Waals surface area contributed by atoms with Gasteiger partial charge in [-0.2, -0.15) is 0 Å². The summed E-state index contributed by atoms with van der Waals surface area (Å²) in [5.74, 6) is -0.504. The highest BCUT2D eigenvalue weighted by atomic mass is 35.5. The molecule has 0 aromatic heterocycles. The number of rotatable bonds is 13. The molecule has 0 spiro atoms. The van der Waals surface area contributed by atoms with Gasteiger partial charge in [0.25, 0.3) is 10.0 Å². The normalized spacial score (nSPS) is 14.3. The second-order valence-electron chi connectivity index (χ2n) is 13.3. The van der Waals surface area contributed by atoms with Gasteiger partial charge in [-0.25, -0.2) is 8.42 Å². The van der Waals surface area contributed by atoms with Crippen LogP contribution in [0.25, 0.3) is 0 Å². The molecule has 1 fully saturated rings. The minimum atomic E-state index is -4.18. The topological polar surface area (TPSA) is 86.8 Å². The minimum absolute atomic E-state index is 0.0283. The lowest BCUT2D eigenvalue weighted by molar-refractivity contribution is -0.140. The predicted octanol–water partition coefficient (Wildman–Crippen LogP) is 8.06. The Labute approximate surface area is 296 Å². The smallest absolute Gasteiger partial charge is 0.264 e. The Morgan fingerprint density at radius 1 is 0.837 bits per heavy atom. The fraction of sp³-hybridized carbons (Fsp3) is 0.350. The molecule has 0 aliphatic heterocycles. The molecule has 4 aromatic rings. The van der Waals surface area contributed by atoms with Crippen LogP contribution in [-0.2, 0) is 32.6 Å². The maximum absolute atomic E-state index is 14.8. The van der Waals surface area contributed by atoms with Crippen LogP contribution in [0.1, 0.15) is 74.1 Å². The fourth-order valence-electron chi connectivity index (χ4n) is 6.32. The zero-order valence-electron chi connectivity index (χ0n) is 28.5. The molecule has 5 rings (SSSR count). The minimum Gasteiger partial charge on any atom is -0.352 e. The van der Waals surface area contributed by atoms with Gasteiger partial charge in [-0.3, -0.25) is 13.9 Å². The summed E-state index contributed by atoms with van der Waals surface area (Å²) >= 11 is 6.38. The Balaban J connectivity index is 1.57. The van der Waals surface area contributed by atoms with Gasteiger partial charge < -0.3 is 10.2 Å². The third-order valence-electron chi connectivity index (χ3n) is 9.20. The van der Waals surface area contributed by atoms with Crippen molar-refractivity contribution in [2.24, 2.45) is 0 Å². The fourth-order valence-corrected chi connectivity index (χ4v) is 7.95. The van der Waals surface area contributed by atoms with Gasteiger partial charge in [-0.1, -0.05) is 117 Å². The number of benzene rings is 4. The highest BCUT2D eigenvalue weighted by molar-refractivity contribution is 7.92. The summed E-state index contributed by atoms with van der Waals surface area (Å²) < 4.78 is 29.8. The molecule has 7 nitrogen and oxygen atoms in total. The van der Waals surface area contributed by atoms with Crippen LogP contribution in [0.4, 0.5) is 5.69 Å². The molecule has 0 bridgehead atoms. The van der Waals surface area contributed by atoms with Crippen molar-refractivity contribution < 1.29 is 18.0 Å². The molecule has 2 amide bonds. The lowest BCUT2D eigenvalue weighted by atomic mass is 9.94. The largest absolute Gasteiger partial charge is 0.352 e. The van der Waals surface area contributed by atoms with E-state index in [0.29, 0.717) is 10.7 Å². The summed E-state index contributed by atoms with van der Waals surface area (Å²) in [6.07, 6.45) is 5.27. The number of halogens is 1. The molecule has 9 heteroatoms. The standard InChI is InChI=1S/C40H46ClN3O4S/c1-29(2)33-19-21-36(22-20-33)44(49(47,48)37-23-17-30(3)18-24-37)28-39(45)43(27-32-13-10-14-34(41)25-32)38(26-31-11-6-4-7-12-31)40(46)42-35-15-8-5-9-16-35/h4,6-7,10-14,17-25,29,35,38H,5,8-9,15-16,26-28H2,1-3H3,(H,42,46)/t38-/m0/s1. The number of carbonyl (C=O) groups excluding carboxylic acids is 2. The highest BCUT2D eigenvalue weighted by Gasteiger charge is 2.35. The van der Waals surface area contributed by atoms with Crippen molar-refractivity contribution in [3.8, 4) is 0 Å². The van der Waals surface area contributed by atoms with E-state index in [1.165, 1.54) is 4.90 Å². The third kappa shape index (κ3) is 9.52. The van der Waals surface area contributed by atoms with E-state index < -0.39 is 28.5 Å². The maximum atomic E-state index is 14.8. The Kier molecular flexibility index (Phi) is 12.2. The van der Waals surface area contributed by atoms with Gasteiger partial charge in [0, 0.05) is 24.0 Å². The molecule has 0 unspecified atom stereocenters. The average molecular weight is 700 g/mol. The van der Waals surface area contributed by atoms with Crippen LogP contribution in [0.3, 0.4) is 0 Å². The molecule has 49 heavy (non-hydrogen) atoms. The van der Waals surface area contributed by atoms with Crippen molar-refractivity contribution in [2.75, 3.05) is 10.8 Å². The van der Waals surface area contributed by atoms with Crippen molar-refractivity contribution in [3.05, 3.63) is 130 Å². The summed E-state index contributed by atoms with van der Waals surface area (Å²) in [7, 11) is -4.18. The van der Waals surface area contributed by atoms with Gasteiger partial charge in [0.2, 0.25) is 11.8 Å². The molecular formula is C40H46ClN3O4S. The average Bonchev–Trinajstić information content (AvgIpc) is 3.09. The highest BCUT2D eigenvalue weighted by Crippen LogP contribution is 2.28. The molecule has 1 aliphatic rings. The monoisotopic (exact) mass is 699 g/mol. The van der Waals surface area contributed by atoms with Crippen molar-refractivity contribution in [2.45, 2.75) is 88.7 Å². The first-order valence-corrected chi connectivity index (χ1v) is 18.9. The number of amides is 2. The Morgan fingerprint density at radius 2 is 1.49 bits per heavy atom. The zero-order chi connectivity index (χ0) is 35.0. The number of aryl methyl sites for hydroxylation is 1. The zero-order valence-corrected chi connectivity index (χ0v) is 30.1. The molecule has 0 radical (unpaired) electrons. The van der Waals surface area contributed by atoms with Crippen molar-refractivity contribution in [1.82, 2.24) is 10.2 Å². The summed E-state index contributed by atoms with van der Waals surface area (Å²) in [6, 6.07) is 29.8. The summed E-state index contributed by atoms with van der Waals surface area (Å²) in [4.78, 5) is 30.6. The molecule has 4 aromatic carbocycles. The molecular weight excluding hydrogens is 654 g/mol. The van der Waals surface area contributed by atoms with Crippen molar-refractivity contribution in [1.29, 1.82) is 0 Å². The van der Waals surface area contributed by atoms with E-state index in [9.17, 15) is 18.0 Å². The quantitative estimate of drug-likeness (QED) is 0.153. The number of hydrogen-bond acceptors (Lipinski definition) is 4. The van der Waals surface area contributed by atoms with Gasteiger partial charge >= 0.3 is 0 Å². The summed E-state index contributed by atoms with van der Waals surface area (Å²) in [5, 5.41) is 3.75. The molecule has 258 valence electrons. The Morgan fingerprint density at radius 3 is 2.12 bits per heavy atom. The first-order chi connectivity index (χ1) is 23.5. The van der Waals surface area contributed by atoms with Crippen molar-refractivity contribution >= 4 is 39.1 Å². The molecule has 0 heterocycles. The van der Waals surface area contributed by atoms with E-state index in [2.05, 4.69) is 19.2 Å². The second kappa shape index (κ2) is 16.5. The van der Waals surface area contributed by atoms with Crippen molar-refractivity contribution in [3.63, 3.8) is 0 Å². The Hall–Kier alpha value is -4.14. The van der Waals surface area contributed by atoms with Gasteiger partial charge in [0.05, 0.1) is 10.6 Å². The van der Waals surface area contributed by atoms with E-state index in [4.69, 9.17) is 11.6 Å². The SMILES string of the molecule is Cc1ccc(S(=O)(=O)N(CC(=O)N(Cc2cccc(Cl)c2)[C@@H](Cc2ccccc2)C(=O)NC2CCCCC2)c2ccc(C(C)C)cc2)cc1. The van der Waals surface area contributed by atoms with E-state index in [0.717, 1.165) is 58.7 Å². The number of sulfonamides is 1. The third-order valence-corrected chi connectivity index (χ3v) is 11.2. The van der Waals surface area contributed by atoms with Crippen LogP contribution in [-0.4, -0.2) is 43.8 Å². The van der Waals surface area contributed by atoms with Gasteiger partial charge in [-0.15, -0.1) is 0 Å². The number of anilines is 1. The number of nitrogens with zero attached hydrogens (tertiary/aromatic N) is 2. The molecule has 0 saturated heterocycles. The van der Waals surface area contributed by atoms with Crippen LogP contribution in [0, 0.1) is 6.92 Å². The molecule has 1 saturated carbocycles.